The average molecular weight is 340 g/mol. The van der Waals surface area contributed by atoms with Crippen LogP contribution in [0.3, 0.4) is 0 Å². The van der Waals surface area contributed by atoms with Crippen molar-refractivity contribution in [2.45, 2.75) is 6.92 Å². The highest BCUT2D eigenvalue weighted by atomic mass is 32.1. The van der Waals surface area contributed by atoms with Crippen molar-refractivity contribution in [2.24, 2.45) is 4.99 Å². The van der Waals surface area contributed by atoms with Gasteiger partial charge in [-0.1, -0.05) is 42.5 Å². The number of aliphatic hydroxyl groups excluding tert-OH is 1. The second-order valence-electron chi connectivity index (χ2n) is 4.65. The molecule has 0 saturated heterocycles. The van der Waals surface area contributed by atoms with Crippen molar-refractivity contribution in [3.8, 4) is 0 Å². The van der Waals surface area contributed by atoms with Crippen LogP contribution < -0.4 is 0 Å². The topological polar surface area (TPSA) is 71.8 Å². The van der Waals surface area contributed by atoms with Crippen molar-refractivity contribution in [2.75, 3.05) is 6.61 Å². The van der Waals surface area contributed by atoms with Crippen molar-refractivity contribution in [1.82, 2.24) is 4.98 Å². The minimum atomic E-state index is -0.667. The van der Waals surface area contributed by atoms with E-state index in [4.69, 9.17) is 17.0 Å². The van der Waals surface area contributed by atoms with Gasteiger partial charge >= 0.3 is 5.97 Å². The Hall–Kier alpha value is -2.86. The lowest BCUT2D eigenvalue weighted by atomic mass is 10.1. The second kappa shape index (κ2) is 8.69. The number of ether oxygens (including phenoxy) is 1. The molecule has 6 heteroatoms. The normalized spacial score (nSPS) is 11.9. The Morgan fingerprint density at radius 2 is 1.88 bits per heavy atom. The largest absolute Gasteiger partial charge is 0.506 e. The van der Waals surface area contributed by atoms with Gasteiger partial charge in [-0.05, 0) is 19.1 Å². The van der Waals surface area contributed by atoms with Gasteiger partial charge in [0.2, 0.25) is 0 Å². The number of hydrogen-bond donors (Lipinski definition) is 1. The standard InChI is InChI=1S/C18H16N2O3S/c1-2-23-18(22)15(16(21)13-6-4-3-5-7-13)12-20-17(24)14-8-10-19-11-9-14/h3-12,21H,2H2,1H3. The molecule has 1 N–H and O–H groups in total. The van der Waals surface area contributed by atoms with E-state index in [1.807, 2.05) is 6.07 Å². The van der Waals surface area contributed by atoms with Gasteiger partial charge in [0.25, 0.3) is 0 Å². The fraction of sp³-hybridized carbons (Fsp3) is 0.111. The molecule has 0 fully saturated rings. The smallest absolute Gasteiger partial charge is 0.343 e. The SMILES string of the molecule is CCOC(=O)C(C=NC(=S)c1ccncc1)=C(O)c1ccccc1. The maximum atomic E-state index is 12.1. The fourth-order valence-corrected chi connectivity index (χ4v) is 2.05. The molecule has 24 heavy (non-hydrogen) atoms. The number of thiocarbonyl (C=S) groups is 1. The van der Waals surface area contributed by atoms with E-state index in [-0.39, 0.29) is 22.9 Å². The first-order chi connectivity index (χ1) is 11.6. The number of esters is 1. The molecule has 0 bridgehead atoms. The molecule has 5 nitrogen and oxygen atoms in total. The zero-order valence-corrected chi connectivity index (χ0v) is 13.9. The monoisotopic (exact) mass is 340 g/mol. The van der Waals surface area contributed by atoms with Crippen LogP contribution in [0.25, 0.3) is 5.76 Å². The molecule has 1 aromatic heterocycles. The molecular weight excluding hydrogens is 324 g/mol. The van der Waals surface area contributed by atoms with Crippen LogP contribution in [-0.2, 0) is 9.53 Å². The van der Waals surface area contributed by atoms with Gasteiger partial charge < -0.3 is 9.84 Å². The average Bonchev–Trinajstić information content (AvgIpc) is 2.63. The minimum absolute atomic E-state index is 0.0561. The molecule has 0 saturated carbocycles. The lowest BCUT2D eigenvalue weighted by Crippen LogP contribution is -2.12. The van der Waals surface area contributed by atoms with Gasteiger partial charge in [0.15, 0.2) is 0 Å². The van der Waals surface area contributed by atoms with E-state index in [0.29, 0.717) is 11.1 Å². The molecule has 2 rings (SSSR count). The number of carbonyl (C=O) groups excluding carboxylic acids is 1. The fourth-order valence-electron chi connectivity index (χ4n) is 1.86. The minimum Gasteiger partial charge on any atom is -0.506 e. The van der Waals surface area contributed by atoms with Gasteiger partial charge in [0, 0.05) is 29.7 Å². The predicted molar refractivity (Wildman–Crippen MR) is 97.1 cm³/mol. The van der Waals surface area contributed by atoms with Crippen LogP contribution in [0.5, 0.6) is 0 Å². The Morgan fingerprint density at radius 3 is 2.50 bits per heavy atom. The number of aliphatic hydroxyl groups is 1. The third-order valence-corrected chi connectivity index (χ3v) is 3.38. The maximum absolute atomic E-state index is 12.1. The van der Waals surface area contributed by atoms with Gasteiger partial charge in [-0.2, -0.15) is 0 Å². The summed E-state index contributed by atoms with van der Waals surface area (Å²) in [5.74, 6) is -0.879. The zero-order valence-electron chi connectivity index (χ0n) is 13.0. The molecule has 1 heterocycles. The van der Waals surface area contributed by atoms with Crippen LogP contribution in [0, 0.1) is 0 Å². The number of rotatable bonds is 5. The molecule has 0 unspecified atom stereocenters. The number of nitrogens with zero attached hydrogens (tertiary/aromatic N) is 2. The molecule has 0 aliphatic carbocycles. The highest BCUT2D eigenvalue weighted by Crippen LogP contribution is 2.16. The molecule has 0 spiro atoms. The molecule has 0 aliphatic rings. The third-order valence-electron chi connectivity index (χ3n) is 3.04. The van der Waals surface area contributed by atoms with Crippen LogP contribution in [-0.4, -0.2) is 33.9 Å². The highest BCUT2D eigenvalue weighted by molar-refractivity contribution is 7.80. The quantitative estimate of drug-likeness (QED) is 0.297. The van der Waals surface area contributed by atoms with Gasteiger partial charge in [-0.3, -0.25) is 4.98 Å². The molecule has 2 aromatic rings. The van der Waals surface area contributed by atoms with E-state index in [9.17, 15) is 9.90 Å². The van der Waals surface area contributed by atoms with Crippen molar-refractivity contribution in [3.05, 3.63) is 71.6 Å². The summed E-state index contributed by atoms with van der Waals surface area (Å²) in [5, 5.41) is 10.4. The lowest BCUT2D eigenvalue weighted by molar-refractivity contribution is -0.137. The highest BCUT2D eigenvalue weighted by Gasteiger charge is 2.16. The summed E-state index contributed by atoms with van der Waals surface area (Å²) in [6, 6.07) is 12.1. The first kappa shape index (κ1) is 17.5. The zero-order chi connectivity index (χ0) is 17.4. The number of benzene rings is 1. The summed E-state index contributed by atoms with van der Waals surface area (Å²) in [7, 11) is 0. The lowest BCUT2D eigenvalue weighted by Gasteiger charge is -2.07. The summed E-state index contributed by atoms with van der Waals surface area (Å²) in [4.78, 5) is 20.4. The van der Waals surface area contributed by atoms with Crippen LogP contribution in [0.1, 0.15) is 18.1 Å². The summed E-state index contributed by atoms with van der Waals surface area (Å²) < 4.78 is 4.98. The van der Waals surface area contributed by atoms with Crippen molar-refractivity contribution in [1.29, 1.82) is 0 Å². The molecule has 0 atom stereocenters. The predicted octanol–water partition coefficient (Wildman–Crippen LogP) is 3.36. The Morgan fingerprint density at radius 1 is 1.21 bits per heavy atom. The van der Waals surface area contributed by atoms with Crippen molar-refractivity contribution < 1.29 is 14.6 Å². The van der Waals surface area contributed by atoms with Gasteiger partial charge in [0.05, 0.1) is 6.61 Å². The van der Waals surface area contributed by atoms with E-state index in [1.54, 1.807) is 55.7 Å². The Bertz CT molecular complexity index is 771. The van der Waals surface area contributed by atoms with Crippen molar-refractivity contribution >= 4 is 35.1 Å². The van der Waals surface area contributed by atoms with E-state index in [1.165, 1.54) is 6.21 Å². The maximum Gasteiger partial charge on any atom is 0.343 e. The number of carbonyl (C=O) groups is 1. The van der Waals surface area contributed by atoms with E-state index >= 15 is 0 Å². The second-order valence-corrected chi connectivity index (χ2v) is 5.03. The summed E-state index contributed by atoms with van der Waals surface area (Å²) in [6.45, 7) is 1.88. The van der Waals surface area contributed by atoms with Gasteiger partial charge in [0.1, 0.15) is 16.3 Å². The van der Waals surface area contributed by atoms with Gasteiger partial charge in [-0.15, -0.1) is 0 Å². The van der Waals surface area contributed by atoms with Crippen molar-refractivity contribution in [3.63, 3.8) is 0 Å². The molecule has 0 aliphatic heterocycles. The first-order valence-electron chi connectivity index (χ1n) is 7.27. The summed E-state index contributed by atoms with van der Waals surface area (Å²) in [6.07, 6.45) is 4.42. The Balaban J connectivity index is 2.35. The van der Waals surface area contributed by atoms with Crippen LogP contribution in [0.4, 0.5) is 0 Å². The van der Waals surface area contributed by atoms with Gasteiger partial charge in [-0.25, -0.2) is 9.79 Å². The molecule has 1 aromatic carbocycles. The summed E-state index contributed by atoms with van der Waals surface area (Å²) >= 11 is 5.21. The first-order valence-corrected chi connectivity index (χ1v) is 7.68. The summed E-state index contributed by atoms with van der Waals surface area (Å²) in [5.41, 5.74) is 1.12. The Kier molecular flexibility index (Phi) is 6.33. The number of aliphatic imine (C=N–C) groups is 1. The van der Waals surface area contributed by atoms with Crippen LogP contribution >= 0.6 is 12.2 Å². The number of pyridine rings is 1. The molecule has 0 radical (unpaired) electrons. The Labute approximate surface area is 145 Å². The van der Waals surface area contributed by atoms with Crippen LogP contribution in [0.2, 0.25) is 0 Å². The molecule has 0 amide bonds. The molecule has 122 valence electrons. The third kappa shape index (κ3) is 4.57. The van der Waals surface area contributed by atoms with E-state index < -0.39 is 5.97 Å². The molecular formula is C18H16N2O3S. The van der Waals surface area contributed by atoms with E-state index in [0.717, 1.165) is 0 Å². The number of aromatic nitrogens is 1. The van der Waals surface area contributed by atoms with Crippen LogP contribution in [0.15, 0.2) is 65.4 Å². The number of hydrogen-bond acceptors (Lipinski definition) is 5. The van der Waals surface area contributed by atoms with E-state index in [2.05, 4.69) is 9.98 Å².